The molecule has 0 saturated heterocycles. The largest absolute Gasteiger partial charge is 0.465 e. The first-order chi connectivity index (χ1) is 13.6. The van der Waals surface area contributed by atoms with Crippen molar-refractivity contribution in [2.75, 3.05) is 12.4 Å². The van der Waals surface area contributed by atoms with Crippen molar-refractivity contribution in [2.24, 2.45) is 0 Å². The van der Waals surface area contributed by atoms with Crippen LogP contribution in [0.4, 0.5) is 11.6 Å². The highest BCUT2D eigenvalue weighted by Gasteiger charge is 2.14. The van der Waals surface area contributed by atoms with Gasteiger partial charge in [-0.05, 0) is 37.3 Å². The average Bonchev–Trinajstić information content (AvgIpc) is 2.72. The lowest BCUT2D eigenvalue weighted by Crippen LogP contribution is -2.25. The Morgan fingerprint density at radius 2 is 1.86 bits per heavy atom. The molecule has 0 bridgehead atoms. The van der Waals surface area contributed by atoms with Crippen LogP contribution in [0.2, 0.25) is 0 Å². The Morgan fingerprint density at radius 3 is 2.61 bits per heavy atom. The van der Waals surface area contributed by atoms with Crippen molar-refractivity contribution in [1.82, 2.24) is 20.3 Å². The summed E-state index contributed by atoms with van der Waals surface area (Å²) < 4.78 is 4.78. The molecule has 2 N–H and O–H groups in total. The molecule has 0 saturated carbocycles. The number of anilines is 2. The van der Waals surface area contributed by atoms with Gasteiger partial charge in [0.25, 0.3) is 5.91 Å². The number of amides is 1. The predicted octanol–water partition coefficient (Wildman–Crippen LogP) is 2.64. The fourth-order valence-electron chi connectivity index (χ4n) is 2.51. The number of aryl methyl sites for hydroxylation is 1. The SMILES string of the molecule is COC(=O)c1ccccc1Nc1nc(C)cc(C(=O)NCc2ccccn2)n1. The number of benzene rings is 1. The fraction of sp³-hybridized carbons (Fsp3) is 0.150. The lowest BCUT2D eigenvalue weighted by molar-refractivity contribution is 0.0601. The van der Waals surface area contributed by atoms with Crippen LogP contribution in [0, 0.1) is 6.92 Å². The zero-order valence-electron chi connectivity index (χ0n) is 15.5. The number of carbonyl (C=O) groups excluding carboxylic acids is 2. The molecule has 0 fully saturated rings. The van der Waals surface area contributed by atoms with Crippen LogP contribution in [0.15, 0.2) is 54.7 Å². The van der Waals surface area contributed by atoms with E-state index in [0.29, 0.717) is 16.9 Å². The van der Waals surface area contributed by atoms with Crippen molar-refractivity contribution >= 4 is 23.5 Å². The first-order valence-corrected chi connectivity index (χ1v) is 8.55. The second kappa shape index (κ2) is 8.72. The smallest absolute Gasteiger partial charge is 0.339 e. The molecule has 0 radical (unpaired) electrons. The molecule has 3 aromatic rings. The number of nitrogens with one attached hydrogen (secondary N) is 2. The Balaban J connectivity index is 1.78. The molecule has 0 aliphatic heterocycles. The van der Waals surface area contributed by atoms with Gasteiger partial charge in [0.15, 0.2) is 0 Å². The number of esters is 1. The van der Waals surface area contributed by atoms with Gasteiger partial charge in [-0.3, -0.25) is 9.78 Å². The van der Waals surface area contributed by atoms with E-state index in [-0.39, 0.29) is 24.1 Å². The van der Waals surface area contributed by atoms with Crippen LogP contribution < -0.4 is 10.6 Å². The van der Waals surface area contributed by atoms with E-state index in [1.807, 2.05) is 18.2 Å². The van der Waals surface area contributed by atoms with E-state index in [2.05, 4.69) is 25.6 Å². The van der Waals surface area contributed by atoms with Crippen molar-refractivity contribution in [3.05, 3.63) is 77.4 Å². The van der Waals surface area contributed by atoms with Gasteiger partial charge in [-0.25, -0.2) is 14.8 Å². The Kier molecular flexibility index (Phi) is 5.91. The summed E-state index contributed by atoms with van der Waals surface area (Å²) in [7, 11) is 1.31. The van der Waals surface area contributed by atoms with E-state index in [0.717, 1.165) is 5.69 Å². The number of carbonyl (C=O) groups is 2. The highest BCUT2D eigenvalue weighted by Crippen LogP contribution is 2.20. The third-order valence-electron chi connectivity index (χ3n) is 3.82. The Labute approximate surface area is 162 Å². The Hall–Kier alpha value is -3.81. The van der Waals surface area contributed by atoms with E-state index in [4.69, 9.17) is 4.74 Å². The van der Waals surface area contributed by atoms with Crippen molar-refractivity contribution < 1.29 is 14.3 Å². The highest BCUT2D eigenvalue weighted by atomic mass is 16.5. The minimum absolute atomic E-state index is 0.208. The first-order valence-electron chi connectivity index (χ1n) is 8.55. The summed E-state index contributed by atoms with van der Waals surface area (Å²) in [6, 6.07) is 13.9. The summed E-state index contributed by atoms with van der Waals surface area (Å²) in [5.41, 5.74) is 2.39. The molecule has 2 aromatic heterocycles. The predicted molar refractivity (Wildman–Crippen MR) is 103 cm³/mol. The van der Waals surface area contributed by atoms with Gasteiger partial charge in [0, 0.05) is 11.9 Å². The minimum atomic E-state index is -0.482. The fourth-order valence-corrected chi connectivity index (χ4v) is 2.51. The zero-order chi connectivity index (χ0) is 19.9. The van der Waals surface area contributed by atoms with Crippen LogP contribution in [0.5, 0.6) is 0 Å². The lowest BCUT2D eigenvalue weighted by atomic mass is 10.2. The van der Waals surface area contributed by atoms with E-state index in [9.17, 15) is 9.59 Å². The van der Waals surface area contributed by atoms with Gasteiger partial charge >= 0.3 is 5.97 Å². The molecular formula is C20H19N5O3. The number of methoxy groups -OCH3 is 1. The number of pyridine rings is 1. The molecule has 0 atom stereocenters. The Morgan fingerprint density at radius 1 is 1.07 bits per heavy atom. The van der Waals surface area contributed by atoms with Crippen LogP contribution in [0.3, 0.4) is 0 Å². The van der Waals surface area contributed by atoms with Crippen molar-refractivity contribution in [1.29, 1.82) is 0 Å². The molecule has 2 heterocycles. The number of rotatable bonds is 6. The topological polar surface area (TPSA) is 106 Å². The summed E-state index contributed by atoms with van der Waals surface area (Å²) in [6.45, 7) is 2.05. The van der Waals surface area contributed by atoms with Crippen LogP contribution >= 0.6 is 0 Å². The van der Waals surface area contributed by atoms with Crippen molar-refractivity contribution in [3.8, 4) is 0 Å². The first kappa shape index (κ1) is 19.0. The molecular weight excluding hydrogens is 358 g/mol. The van der Waals surface area contributed by atoms with Gasteiger partial charge in [0.05, 0.1) is 30.6 Å². The van der Waals surface area contributed by atoms with Gasteiger partial charge in [0.1, 0.15) is 5.69 Å². The maximum Gasteiger partial charge on any atom is 0.339 e. The standard InChI is InChI=1S/C20H19N5O3/c1-13-11-17(18(26)22-12-14-7-5-6-10-21-14)25-20(23-13)24-16-9-4-3-8-15(16)19(27)28-2/h3-11H,12H2,1-2H3,(H,22,26)(H,23,24,25). The highest BCUT2D eigenvalue weighted by molar-refractivity contribution is 5.96. The average molecular weight is 377 g/mol. The molecule has 0 aliphatic rings. The number of aromatic nitrogens is 3. The quantitative estimate of drug-likeness (QED) is 0.636. The van der Waals surface area contributed by atoms with Gasteiger partial charge in [0.2, 0.25) is 5.95 Å². The second-order valence-corrected chi connectivity index (χ2v) is 5.88. The summed E-state index contributed by atoms with van der Waals surface area (Å²) in [6.07, 6.45) is 1.66. The van der Waals surface area contributed by atoms with Gasteiger partial charge in [-0.1, -0.05) is 18.2 Å². The van der Waals surface area contributed by atoms with E-state index in [1.165, 1.54) is 7.11 Å². The number of ether oxygens (including phenoxy) is 1. The number of nitrogens with zero attached hydrogens (tertiary/aromatic N) is 3. The molecule has 142 valence electrons. The van der Waals surface area contributed by atoms with E-state index >= 15 is 0 Å². The summed E-state index contributed by atoms with van der Waals surface area (Å²) in [5.74, 6) is -0.621. The molecule has 0 spiro atoms. The van der Waals surface area contributed by atoms with Crippen LogP contribution in [0.25, 0.3) is 0 Å². The monoisotopic (exact) mass is 377 g/mol. The minimum Gasteiger partial charge on any atom is -0.465 e. The van der Waals surface area contributed by atoms with Crippen LogP contribution in [0.1, 0.15) is 32.2 Å². The van der Waals surface area contributed by atoms with Crippen molar-refractivity contribution in [3.63, 3.8) is 0 Å². The summed E-state index contributed by atoms with van der Waals surface area (Å²) in [5, 5.41) is 5.76. The lowest BCUT2D eigenvalue weighted by Gasteiger charge is -2.11. The summed E-state index contributed by atoms with van der Waals surface area (Å²) >= 11 is 0. The molecule has 1 amide bonds. The molecule has 3 rings (SSSR count). The van der Waals surface area contributed by atoms with E-state index in [1.54, 1.807) is 43.5 Å². The molecule has 0 unspecified atom stereocenters. The van der Waals surface area contributed by atoms with Gasteiger partial charge in [-0.15, -0.1) is 0 Å². The number of hydrogen-bond donors (Lipinski definition) is 2. The normalized spacial score (nSPS) is 10.2. The molecule has 0 aliphatic carbocycles. The summed E-state index contributed by atoms with van der Waals surface area (Å²) in [4.78, 5) is 37.1. The molecule has 8 heteroatoms. The van der Waals surface area contributed by atoms with Gasteiger partial charge in [-0.2, -0.15) is 0 Å². The van der Waals surface area contributed by atoms with E-state index < -0.39 is 5.97 Å². The zero-order valence-corrected chi connectivity index (χ0v) is 15.5. The van der Waals surface area contributed by atoms with Crippen LogP contribution in [-0.4, -0.2) is 33.9 Å². The second-order valence-electron chi connectivity index (χ2n) is 5.88. The maximum atomic E-state index is 12.5. The Bertz CT molecular complexity index is 992. The molecule has 28 heavy (non-hydrogen) atoms. The van der Waals surface area contributed by atoms with Crippen LogP contribution in [-0.2, 0) is 11.3 Å². The third-order valence-corrected chi connectivity index (χ3v) is 3.82. The number of para-hydroxylation sites is 1. The molecule has 8 nitrogen and oxygen atoms in total. The van der Waals surface area contributed by atoms with Gasteiger partial charge < -0.3 is 15.4 Å². The number of hydrogen-bond acceptors (Lipinski definition) is 7. The molecule has 1 aromatic carbocycles. The van der Waals surface area contributed by atoms with Crippen molar-refractivity contribution in [2.45, 2.75) is 13.5 Å². The third kappa shape index (κ3) is 4.67. The maximum absolute atomic E-state index is 12.5.